The number of ether oxygens (including phenoxy) is 1. The lowest BCUT2D eigenvalue weighted by atomic mass is 10.1. The summed E-state index contributed by atoms with van der Waals surface area (Å²) >= 11 is 0. The Kier molecular flexibility index (Phi) is 4.93. The van der Waals surface area contributed by atoms with Crippen molar-refractivity contribution in [3.8, 4) is 5.75 Å². The Balaban J connectivity index is 1.69. The van der Waals surface area contributed by atoms with Crippen molar-refractivity contribution in [1.82, 2.24) is 0 Å². The average molecular weight is 367 g/mol. The first-order chi connectivity index (χ1) is 12.9. The normalized spacial score (nSPS) is 10.4. The maximum absolute atomic E-state index is 12.1. The van der Waals surface area contributed by atoms with Crippen LogP contribution in [0, 0.1) is 20.2 Å². The molecule has 9 nitrogen and oxygen atoms in total. The van der Waals surface area contributed by atoms with Crippen LogP contribution in [0.2, 0.25) is 0 Å². The highest BCUT2D eigenvalue weighted by molar-refractivity contribution is 5.95. The predicted octanol–water partition coefficient (Wildman–Crippen LogP) is 3.67. The van der Waals surface area contributed by atoms with Crippen molar-refractivity contribution in [2.75, 3.05) is 11.9 Å². The Bertz CT molecular complexity index is 1050. The lowest BCUT2D eigenvalue weighted by Gasteiger charge is -2.08. The van der Waals surface area contributed by atoms with Crippen molar-refractivity contribution in [1.29, 1.82) is 0 Å². The lowest BCUT2D eigenvalue weighted by molar-refractivity contribution is -0.394. The van der Waals surface area contributed by atoms with Crippen LogP contribution in [0.25, 0.3) is 10.8 Å². The average Bonchev–Trinajstić information content (AvgIpc) is 2.66. The van der Waals surface area contributed by atoms with Gasteiger partial charge in [-0.25, -0.2) is 0 Å². The third-order valence-corrected chi connectivity index (χ3v) is 3.74. The molecule has 0 atom stereocenters. The summed E-state index contributed by atoms with van der Waals surface area (Å²) < 4.78 is 5.18. The first kappa shape index (κ1) is 17.8. The van der Waals surface area contributed by atoms with Gasteiger partial charge in [-0.05, 0) is 29.0 Å². The molecule has 0 saturated heterocycles. The van der Waals surface area contributed by atoms with Crippen LogP contribution in [0.15, 0.2) is 60.7 Å². The van der Waals surface area contributed by atoms with Gasteiger partial charge in [0.05, 0.1) is 15.9 Å². The van der Waals surface area contributed by atoms with Crippen LogP contribution in [0.4, 0.5) is 17.1 Å². The lowest BCUT2D eigenvalue weighted by Crippen LogP contribution is -2.20. The van der Waals surface area contributed by atoms with Crippen LogP contribution >= 0.6 is 0 Å². The quantitative estimate of drug-likeness (QED) is 0.523. The Hall–Kier alpha value is -4.01. The Labute approximate surface area is 152 Å². The maximum Gasteiger partial charge on any atom is 0.317 e. The molecule has 1 amide bonds. The number of hydrogen-bond donors (Lipinski definition) is 1. The van der Waals surface area contributed by atoms with Crippen LogP contribution in [0.1, 0.15) is 0 Å². The zero-order chi connectivity index (χ0) is 19.4. The summed E-state index contributed by atoms with van der Waals surface area (Å²) in [6, 6.07) is 16.0. The van der Waals surface area contributed by atoms with Crippen molar-refractivity contribution in [2.24, 2.45) is 0 Å². The molecule has 1 N–H and O–H groups in total. The Morgan fingerprint density at radius 3 is 2.37 bits per heavy atom. The number of rotatable bonds is 6. The summed E-state index contributed by atoms with van der Waals surface area (Å²) in [6.45, 7) is -0.481. The van der Waals surface area contributed by atoms with E-state index >= 15 is 0 Å². The molecule has 0 aliphatic rings. The summed E-state index contributed by atoms with van der Waals surface area (Å²) in [4.78, 5) is 32.3. The van der Waals surface area contributed by atoms with E-state index in [2.05, 4.69) is 5.32 Å². The fraction of sp³-hybridized carbons (Fsp3) is 0.0556. The number of hydrogen-bond acceptors (Lipinski definition) is 6. The second-order valence-corrected chi connectivity index (χ2v) is 5.57. The third-order valence-electron chi connectivity index (χ3n) is 3.74. The number of nitro groups is 2. The van der Waals surface area contributed by atoms with Gasteiger partial charge in [0.25, 0.3) is 11.6 Å². The van der Waals surface area contributed by atoms with E-state index in [4.69, 9.17) is 4.74 Å². The van der Waals surface area contributed by atoms with Gasteiger partial charge in [-0.15, -0.1) is 0 Å². The molecule has 0 radical (unpaired) electrons. The van der Waals surface area contributed by atoms with E-state index in [1.54, 1.807) is 12.1 Å². The second kappa shape index (κ2) is 7.48. The molecule has 136 valence electrons. The molecule has 0 aliphatic heterocycles. The molecule has 0 fully saturated rings. The van der Waals surface area contributed by atoms with Gasteiger partial charge in [-0.1, -0.05) is 30.3 Å². The largest absolute Gasteiger partial charge is 0.477 e. The van der Waals surface area contributed by atoms with Crippen molar-refractivity contribution < 1.29 is 19.4 Å². The highest BCUT2D eigenvalue weighted by Crippen LogP contribution is 2.31. The molecule has 0 spiro atoms. The molecule has 0 saturated carbocycles. The number of carbonyl (C=O) groups excluding carboxylic acids is 1. The fourth-order valence-electron chi connectivity index (χ4n) is 2.49. The van der Waals surface area contributed by atoms with Gasteiger partial charge in [-0.3, -0.25) is 25.0 Å². The van der Waals surface area contributed by atoms with Gasteiger partial charge < -0.3 is 10.1 Å². The number of benzene rings is 3. The van der Waals surface area contributed by atoms with E-state index in [0.717, 1.165) is 29.0 Å². The van der Waals surface area contributed by atoms with Gasteiger partial charge in [0.2, 0.25) is 0 Å². The summed E-state index contributed by atoms with van der Waals surface area (Å²) in [7, 11) is 0. The van der Waals surface area contributed by atoms with Gasteiger partial charge in [0.1, 0.15) is 0 Å². The van der Waals surface area contributed by atoms with Crippen LogP contribution in [0.3, 0.4) is 0 Å². The van der Waals surface area contributed by atoms with E-state index in [1.807, 2.05) is 30.3 Å². The second-order valence-electron chi connectivity index (χ2n) is 5.57. The number of nitrogens with zero attached hydrogens (tertiary/aromatic N) is 2. The molecule has 27 heavy (non-hydrogen) atoms. The minimum absolute atomic E-state index is 0.223. The molecule has 0 bridgehead atoms. The topological polar surface area (TPSA) is 125 Å². The predicted molar refractivity (Wildman–Crippen MR) is 97.8 cm³/mol. The van der Waals surface area contributed by atoms with Crippen LogP contribution in [0.5, 0.6) is 5.75 Å². The monoisotopic (exact) mass is 367 g/mol. The molecule has 9 heteroatoms. The number of non-ortho nitro benzene ring substituents is 1. The smallest absolute Gasteiger partial charge is 0.317 e. The molecule has 0 aromatic heterocycles. The molecule has 3 aromatic carbocycles. The van der Waals surface area contributed by atoms with E-state index in [9.17, 15) is 25.0 Å². The Morgan fingerprint density at radius 1 is 0.926 bits per heavy atom. The molecule has 0 unspecified atom stereocenters. The van der Waals surface area contributed by atoms with Crippen molar-refractivity contribution in [3.63, 3.8) is 0 Å². The summed E-state index contributed by atoms with van der Waals surface area (Å²) in [6.07, 6.45) is 0. The van der Waals surface area contributed by atoms with E-state index in [0.29, 0.717) is 5.69 Å². The van der Waals surface area contributed by atoms with Crippen LogP contribution in [-0.4, -0.2) is 22.4 Å². The maximum atomic E-state index is 12.1. The highest BCUT2D eigenvalue weighted by Gasteiger charge is 2.21. The highest BCUT2D eigenvalue weighted by atomic mass is 16.6. The number of nitro benzene ring substituents is 2. The first-order valence-corrected chi connectivity index (χ1v) is 7.78. The first-order valence-electron chi connectivity index (χ1n) is 7.78. The van der Waals surface area contributed by atoms with Crippen molar-refractivity contribution in [3.05, 3.63) is 80.9 Å². The van der Waals surface area contributed by atoms with E-state index in [1.165, 1.54) is 0 Å². The van der Waals surface area contributed by atoms with Crippen LogP contribution in [-0.2, 0) is 4.79 Å². The number of amides is 1. The molecular formula is C18H13N3O6. The zero-order valence-corrected chi connectivity index (χ0v) is 13.8. The summed E-state index contributed by atoms with van der Waals surface area (Å²) in [5.74, 6) is -0.739. The Morgan fingerprint density at radius 2 is 1.67 bits per heavy atom. The number of fused-ring (bicyclic) bond motifs is 1. The molecule has 3 rings (SSSR count). The zero-order valence-electron chi connectivity index (χ0n) is 13.8. The van der Waals surface area contributed by atoms with Gasteiger partial charge >= 0.3 is 5.69 Å². The third kappa shape index (κ3) is 4.15. The molecule has 3 aromatic rings. The molecule has 0 heterocycles. The minimum atomic E-state index is -0.802. The number of carbonyl (C=O) groups is 1. The number of nitrogens with one attached hydrogen (secondary N) is 1. The SMILES string of the molecule is O=C(COc1ccc([N+](=O)[O-])cc1[N+](=O)[O-])Nc1ccc2ccccc2c1. The number of anilines is 1. The van der Waals surface area contributed by atoms with Crippen molar-refractivity contribution >= 4 is 33.7 Å². The minimum Gasteiger partial charge on any atom is -0.477 e. The molecular weight excluding hydrogens is 354 g/mol. The van der Waals surface area contributed by atoms with Gasteiger partial charge in [0, 0.05) is 11.8 Å². The van der Waals surface area contributed by atoms with E-state index < -0.39 is 33.7 Å². The molecule has 0 aliphatic carbocycles. The summed E-state index contributed by atoms with van der Waals surface area (Å²) in [5, 5.41) is 26.4. The summed E-state index contributed by atoms with van der Waals surface area (Å²) in [5.41, 5.74) is -0.460. The fourth-order valence-corrected chi connectivity index (χ4v) is 2.49. The standard InChI is InChI=1S/C18H13N3O6/c22-18(19-14-6-5-12-3-1-2-4-13(12)9-14)11-27-17-8-7-15(20(23)24)10-16(17)21(25)26/h1-10H,11H2,(H,19,22). The van der Waals surface area contributed by atoms with Crippen LogP contribution < -0.4 is 10.1 Å². The van der Waals surface area contributed by atoms with Gasteiger partial charge in [-0.2, -0.15) is 0 Å². The van der Waals surface area contributed by atoms with Crippen molar-refractivity contribution in [2.45, 2.75) is 0 Å². The van der Waals surface area contributed by atoms with Gasteiger partial charge in [0.15, 0.2) is 12.4 Å². The van der Waals surface area contributed by atoms with E-state index in [-0.39, 0.29) is 5.75 Å².